The minimum atomic E-state index is -0.217. The molecule has 0 unspecified atom stereocenters. The third-order valence-electron chi connectivity index (χ3n) is 3.82. The zero-order chi connectivity index (χ0) is 21.2. The number of allylic oxidation sites excluding steroid dienone is 1. The highest BCUT2D eigenvalue weighted by Crippen LogP contribution is 2.28. The van der Waals surface area contributed by atoms with Crippen molar-refractivity contribution >= 4 is 29.4 Å². The van der Waals surface area contributed by atoms with Crippen molar-refractivity contribution in [2.75, 3.05) is 25.6 Å². The summed E-state index contributed by atoms with van der Waals surface area (Å²) in [6.07, 6.45) is 3.10. The lowest BCUT2D eigenvalue weighted by molar-refractivity contribution is -0.123. The van der Waals surface area contributed by atoms with Gasteiger partial charge in [0.05, 0.1) is 7.11 Å². The Morgan fingerprint density at radius 1 is 1.07 bits per heavy atom. The van der Waals surface area contributed by atoms with E-state index in [4.69, 9.17) is 9.47 Å². The van der Waals surface area contributed by atoms with E-state index in [0.29, 0.717) is 29.3 Å². The maximum atomic E-state index is 12.4. The summed E-state index contributed by atoms with van der Waals surface area (Å²) in [5.74, 6) is 0.270. The number of carbonyl (C=O) groups is 3. The van der Waals surface area contributed by atoms with E-state index in [0.717, 1.165) is 5.56 Å². The summed E-state index contributed by atoms with van der Waals surface area (Å²) in [4.78, 5) is 35.1. The van der Waals surface area contributed by atoms with Gasteiger partial charge in [-0.25, -0.2) is 0 Å². The van der Waals surface area contributed by atoms with Gasteiger partial charge in [0.1, 0.15) is 0 Å². The van der Waals surface area contributed by atoms with Crippen LogP contribution in [0.4, 0.5) is 5.69 Å². The Hall–Kier alpha value is -3.61. The number of rotatable bonds is 9. The molecule has 2 aromatic carbocycles. The molecule has 152 valence electrons. The Balaban J connectivity index is 2.09. The molecule has 2 amide bonds. The van der Waals surface area contributed by atoms with Gasteiger partial charge in [0.15, 0.2) is 23.9 Å². The van der Waals surface area contributed by atoms with Crippen LogP contribution in [0.3, 0.4) is 0 Å². The zero-order valence-corrected chi connectivity index (χ0v) is 16.7. The molecule has 0 aliphatic carbocycles. The molecule has 2 rings (SSSR count). The molecule has 2 N–H and O–H groups in total. The maximum absolute atomic E-state index is 12.4. The molecular formula is C22H24N2O5. The van der Waals surface area contributed by atoms with Crippen molar-refractivity contribution in [1.29, 1.82) is 0 Å². The fraction of sp³-hybridized carbons (Fsp3) is 0.227. The first kappa shape index (κ1) is 21.7. The van der Waals surface area contributed by atoms with Gasteiger partial charge in [-0.3, -0.25) is 14.4 Å². The number of ketones is 1. The van der Waals surface area contributed by atoms with E-state index >= 15 is 0 Å². The number of anilines is 1. The second-order valence-corrected chi connectivity index (χ2v) is 6.11. The van der Waals surface area contributed by atoms with E-state index in [9.17, 15) is 14.4 Å². The number of carbonyl (C=O) groups excluding carboxylic acids is 3. The quantitative estimate of drug-likeness (QED) is 0.502. The second kappa shape index (κ2) is 10.7. The van der Waals surface area contributed by atoms with Gasteiger partial charge >= 0.3 is 0 Å². The molecule has 0 aromatic heterocycles. The van der Waals surface area contributed by atoms with Crippen LogP contribution in [-0.4, -0.2) is 37.9 Å². The van der Waals surface area contributed by atoms with E-state index < -0.39 is 0 Å². The lowest BCUT2D eigenvalue weighted by atomic mass is 10.1. The number of benzene rings is 2. The standard InChI is InChI=1S/C22H24N2O5/c1-4-23-22(27)14-29-20-11-9-16(12-21(20)28-3)8-10-19(26)17-6-5-7-18(13-17)24-15(2)25/h5-13H,4,14H2,1-3H3,(H,23,27)(H,24,25)/b10-8+. The first-order valence-electron chi connectivity index (χ1n) is 9.10. The Bertz CT molecular complexity index is 921. The van der Waals surface area contributed by atoms with Gasteiger partial charge in [0, 0.05) is 24.7 Å². The van der Waals surface area contributed by atoms with Crippen molar-refractivity contribution in [2.24, 2.45) is 0 Å². The summed E-state index contributed by atoms with van der Waals surface area (Å²) in [7, 11) is 1.50. The first-order valence-corrected chi connectivity index (χ1v) is 9.10. The molecule has 7 nitrogen and oxygen atoms in total. The van der Waals surface area contributed by atoms with Crippen LogP contribution in [0.25, 0.3) is 6.08 Å². The average Bonchev–Trinajstić information content (AvgIpc) is 2.70. The highest BCUT2D eigenvalue weighted by atomic mass is 16.5. The number of ether oxygens (including phenoxy) is 2. The summed E-state index contributed by atoms with van der Waals surface area (Å²) in [5.41, 5.74) is 1.76. The number of methoxy groups -OCH3 is 1. The lowest BCUT2D eigenvalue weighted by Crippen LogP contribution is -2.28. The summed E-state index contributed by atoms with van der Waals surface area (Å²) in [5, 5.41) is 5.30. The Kier molecular flexibility index (Phi) is 7.97. The van der Waals surface area contributed by atoms with Crippen molar-refractivity contribution in [3.8, 4) is 11.5 Å². The van der Waals surface area contributed by atoms with Crippen molar-refractivity contribution in [1.82, 2.24) is 5.32 Å². The summed E-state index contributed by atoms with van der Waals surface area (Å²) in [6.45, 7) is 3.66. The van der Waals surface area contributed by atoms with Crippen LogP contribution in [-0.2, 0) is 9.59 Å². The predicted molar refractivity (Wildman–Crippen MR) is 111 cm³/mol. The van der Waals surface area contributed by atoms with E-state index in [1.54, 1.807) is 48.5 Å². The third-order valence-corrected chi connectivity index (χ3v) is 3.82. The molecule has 0 aliphatic heterocycles. The van der Waals surface area contributed by atoms with Crippen LogP contribution >= 0.6 is 0 Å². The van der Waals surface area contributed by atoms with Crippen LogP contribution in [0.1, 0.15) is 29.8 Å². The molecule has 0 bridgehead atoms. The number of hydrogen-bond donors (Lipinski definition) is 2. The second-order valence-electron chi connectivity index (χ2n) is 6.11. The van der Waals surface area contributed by atoms with E-state index in [2.05, 4.69) is 10.6 Å². The average molecular weight is 396 g/mol. The summed E-state index contributed by atoms with van der Waals surface area (Å²) in [6, 6.07) is 11.9. The molecule has 0 fully saturated rings. The van der Waals surface area contributed by atoms with Gasteiger partial charge in [0.25, 0.3) is 5.91 Å². The highest BCUT2D eigenvalue weighted by Gasteiger charge is 2.08. The number of nitrogens with one attached hydrogen (secondary N) is 2. The predicted octanol–water partition coefficient (Wildman–Crippen LogP) is 3.06. The Morgan fingerprint density at radius 2 is 1.86 bits per heavy atom. The fourth-order valence-corrected chi connectivity index (χ4v) is 2.52. The van der Waals surface area contributed by atoms with Crippen LogP contribution in [0.5, 0.6) is 11.5 Å². The van der Waals surface area contributed by atoms with Crippen LogP contribution in [0.15, 0.2) is 48.5 Å². The SMILES string of the molecule is CCNC(=O)COc1ccc(/C=C/C(=O)c2cccc(NC(C)=O)c2)cc1OC. The zero-order valence-electron chi connectivity index (χ0n) is 16.7. The smallest absolute Gasteiger partial charge is 0.257 e. The Morgan fingerprint density at radius 3 is 2.55 bits per heavy atom. The largest absolute Gasteiger partial charge is 0.493 e. The van der Waals surface area contributed by atoms with Crippen molar-refractivity contribution in [3.63, 3.8) is 0 Å². The van der Waals surface area contributed by atoms with Gasteiger partial charge in [-0.15, -0.1) is 0 Å². The maximum Gasteiger partial charge on any atom is 0.257 e. The molecule has 2 aromatic rings. The fourth-order valence-electron chi connectivity index (χ4n) is 2.52. The van der Waals surface area contributed by atoms with Gasteiger partial charge < -0.3 is 20.1 Å². The molecule has 0 heterocycles. The van der Waals surface area contributed by atoms with Crippen molar-refractivity contribution < 1.29 is 23.9 Å². The van der Waals surface area contributed by atoms with Gasteiger partial charge in [-0.05, 0) is 42.8 Å². The van der Waals surface area contributed by atoms with E-state index in [1.807, 2.05) is 6.92 Å². The molecule has 0 spiro atoms. The molecule has 0 aliphatic rings. The lowest BCUT2D eigenvalue weighted by Gasteiger charge is -2.11. The van der Waals surface area contributed by atoms with Gasteiger partial charge in [-0.2, -0.15) is 0 Å². The first-order chi connectivity index (χ1) is 13.9. The minimum Gasteiger partial charge on any atom is -0.493 e. The topological polar surface area (TPSA) is 93.7 Å². The third kappa shape index (κ3) is 6.80. The Labute approximate surface area is 169 Å². The molecule has 7 heteroatoms. The molecule has 0 saturated heterocycles. The van der Waals surface area contributed by atoms with Crippen LogP contribution < -0.4 is 20.1 Å². The number of likely N-dealkylation sites (N-methyl/N-ethyl adjacent to an activating group) is 1. The normalized spacial score (nSPS) is 10.4. The van der Waals surface area contributed by atoms with E-state index in [1.165, 1.54) is 20.1 Å². The molecule has 0 atom stereocenters. The number of hydrogen-bond acceptors (Lipinski definition) is 5. The number of amides is 2. The van der Waals surface area contributed by atoms with Gasteiger partial charge in [-0.1, -0.05) is 24.3 Å². The monoisotopic (exact) mass is 396 g/mol. The molecule has 0 saturated carbocycles. The molecule has 0 radical (unpaired) electrons. The summed E-state index contributed by atoms with van der Waals surface area (Å²) < 4.78 is 10.8. The van der Waals surface area contributed by atoms with E-state index in [-0.39, 0.29) is 24.2 Å². The highest BCUT2D eigenvalue weighted by molar-refractivity contribution is 6.07. The summed E-state index contributed by atoms with van der Waals surface area (Å²) >= 11 is 0. The minimum absolute atomic E-state index is 0.109. The van der Waals surface area contributed by atoms with Crippen LogP contribution in [0, 0.1) is 0 Å². The van der Waals surface area contributed by atoms with Crippen LogP contribution in [0.2, 0.25) is 0 Å². The van der Waals surface area contributed by atoms with Crippen molar-refractivity contribution in [2.45, 2.75) is 13.8 Å². The molecule has 29 heavy (non-hydrogen) atoms. The van der Waals surface area contributed by atoms with Crippen molar-refractivity contribution in [3.05, 3.63) is 59.7 Å². The van der Waals surface area contributed by atoms with Gasteiger partial charge in [0.2, 0.25) is 5.91 Å². The molecular weight excluding hydrogens is 372 g/mol.